The number of pyridine rings is 1. The van der Waals surface area contributed by atoms with E-state index >= 15 is 0 Å². The molecule has 0 saturated carbocycles. The lowest BCUT2D eigenvalue weighted by molar-refractivity contribution is -0.160. The third-order valence-corrected chi connectivity index (χ3v) is 9.80. The zero-order chi connectivity index (χ0) is 33.5. The van der Waals surface area contributed by atoms with E-state index in [1.807, 2.05) is 40.8 Å². The standard InChI is InChI=1S/C37H50N6O4/c1-24-31(33(42-14-11-37(6,7)12-15-42)32(25(2)39-24)34(35(44)45)47-36(3,4)5)27-8-9-28-23-43(13-10-26(28)20-27)30-21-29(22-38-40-30)41-16-18-46-19-17-41/h8-9,20-22,34H,10-19,23H2,1-7H3,(H,44,45)/t34-/m0/s1. The van der Waals surface area contributed by atoms with Gasteiger partial charge in [-0.15, -0.1) is 5.10 Å². The quantitative estimate of drug-likeness (QED) is 0.324. The van der Waals surface area contributed by atoms with E-state index in [0.29, 0.717) is 11.3 Å². The van der Waals surface area contributed by atoms with Crippen molar-refractivity contribution in [2.45, 2.75) is 86.0 Å². The summed E-state index contributed by atoms with van der Waals surface area (Å²) in [5, 5.41) is 19.4. The van der Waals surface area contributed by atoms with E-state index in [1.54, 1.807) is 0 Å². The van der Waals surface area contributed by atoms with Gasteiger partial charge >= 0.3 is 5.97 Å². The van der Waals surface area contributed by atoms with Gasteiger partial charge in [0.1, 0.15) is 0 Å². The molecule has 0 radical (unpaired) electrons. The Kier molecular flexibility index (Phi) is 9.19. The van der Waals surface area contributed by atoms with Crippen molar-refractivity contribution in [3.05, 3.63) is 58.5 Å². The summed E-state index contributed by atoms with van der Waals surface area (Å²) in [4.78, 5) is 24.8. The minimum Gasteiger partial charge on any atom is -0.479 e. The van der Waals surface area contributed by atoms with Crippen LogP contribution in [-0.2, 0) is 27.2 Å². The van der Waals surface area contributed by atoms with Crippen molar-refractivity contribution < 1.29 is 19.4 Å². The highest BCUT2D eigenvalue weighted by Gasteiger charge is 2.36. The molecule has 6 rings (SSSR count). The number of rotatable bonds is 7. The molecule has 0 aliphatic carbocycles. The Balaban J connectivity index is 1.37. The monoisotopic (exact) mass is 642 g/mol. The number of aliphatic carboxylic acids is 1. The number of carboxylic acid groups (broad SMARTS) is 1. The van der Waals surface area contributed by atoms with E-state index < -0.39 is 17.7 Å². The maximum atomic E-state index is 12.9. The Bertz CT molecular complexity index is 1620. The van der Waals surface area contributed by atoms with Crippen molar-refractivity contribution in [2.24, 2.45) is 5.41 Å². The van der Waals surface area contributed by atoms with Gasteiger partial charge < -0.3 is 29.3 Å². The Labute approximate surface area is 279 Å². The Morgan fingerprint density at radius 3 is 2.36 bits per heavy atom. The van der Waals surface area contributed by atoms with Gasteiger partial charge in [0.05, 0.1) is 36.4 Å². The maximum Gasteiger partial charge on any atom is 0.337 e. The molecule has 2 aromatic heterocycles. The van der Waals surface area contributed by atoms with Crippen LogP contribution < -0.4 is 14.7 Å². The molecule has 3 aromatic rings. The van der Waals surface area contributed by atoms with Crippen LogP contribution in [0.4, 0.5) is 17.2 Å². The summed E-state index contributed by atoms with van der Waals surface area (Å²) in [6.45, 7) is 20.8. The number of nitrogens with zero attached hydrogens (tertiary/aromatic N) is 6. The number of benzene rings is 1. The smallest absolute Gasteiger partial charge is 0.337 e. The fraction of sp³-hybridized carbons (Fsp3) is 0.568. The van der Waals surface area contributed by atoms with Crippen molar-refractivity contribution in [2.75, 3.05) is 60.6 Å². The number of piperidine rings is 1. The molecule has 10 nitrogen and oxygen atoms in total. The highest BCUT2D eigenvalue weighted by molar-refractivity contribution is 5.88. The van der Waals surface area contributed by atoms with E-state index in [0.717, 1.165) is 106 Å². The predicted molar refractivity (Wildman–Crippen MR) is 185 cm³/mol. The van der Waals surface area contributed by atoms with Gasteiger partial charge in [-0.2, -0.15) is 5.10 Å². The van der Waals surface area contributed by atoms with Crippen molar-refractivity contribution in [1.29, 1.82) is 0 Å². The third kappa shape index (κ3) is 7.23. The molecule has 1 N–H and O–H groups in total. The van der Waals surface area contributed by atoms with Gasteiger partial charge in [0.25, 0.3) is 0 Å². The van der Waals surface area contributed by atoms with Gasteiger partial charge in [0, 0.05) is 67.8 Å². The third-order valence-electron chi connectivity index (χ3n) is 9.80. The first-order valence-corrected chi connectivity index (χ1v) is 17.0. The highest BCUT2D eigenvalue weighted by atomic mass is 16.5. The lowest BCUT2D eigenvalue weighted by Crippen LogP contribution is -2.39. The molecule has 1 atom stereocenters. The SMILES string of the molecule is Cc1nc(C)c([C@H](OC(C)(C)C)C(=O)O)c(N2CCC(C)(C)CC2)c1-c1ccc2c(c1)CCN(c1cc(N3CCOCC3)cnn1)C2. The number of ether oxygens (including phenoxy) is 2. The first-order chi connectivity index (χ1) is 22.3. The number of aromatic nitrogens is 3. The maximum absolute atomic E-state index is 12.9. The predicted octanol–water partition coefficient (Wildman–Crippen LogP) is 6.12. The topological polar surface area (TPSA) is 104 Å². The number of aryl methyl sites for hydroxylation is 2. The Morgan fingerprint density at radius 2 is 1.68 bits per heavy atom. The van der Waals surface area contributed by atoms with Crippen LogP contribution in [0.5, 0.6) is 0 Å². The molecule has 5 heterocycles. The van der Waals surface area contributed by atoms with Gasteiger partial charge in [-0.25, -0.2) is 4.79 Å². The van der Waals surface area contributed by atoms with Gasteiger partial charge in [-0.05, 0) is 76.0 Å². The lowest BCUT2D eigenvalue weighted by Gasteiger charge is -2.41. The Morgan fingerprint density at radius 1 is 0.957 bits per heavy atom. The molecular formula is C37H50N6O4. The van der Waals surface area contributed by atoms with Gasteiger partial charge in [-0.1, -0.05) is 32.0 Å². The number of carboxylic acids is 1. The van der Waals surface area contributed by atoms with E-state index in [4.69, 9.17) is 14.5 Å². The van der Waals surface area contributed by atoms with Crippen LogP contribution in [0.25, 0.3) is 11.1 Å². The fourth-order valence-electron chi connectivity index (χ4n) is 7.15. The van der Waals surface area contributed by atoms with Crippen LogP contribution in [0.2, 0.25) is 0 Å². The first kappa shape index (κ1) is 33.2. The summed E-state index contributed by atoms with van der Waals surface area (Å²) in [5.74, 6) is -0.106. The van der Waals surface area contributed by atoms with Crippen LogP contribution in [0.15, 0.2) is 30.5 Å². The van der Waals surface area contributed by atoms with Crippen LogP contribution in [0.3, 0.4) is 0 Å². The second kappa shape index (κ2) is 13.0. The van der Waals surface area contributed by atoms with E-state index in [2.05, 4.69) is 63.0 Å². The number of morpholine rings is 1. The second-order valence-corrected chi connectivity index (χ2v) is 15.0. The molecule has 252 valence electrons. The summed E-state index contributed by atoms with van der Waals surface area (Å²) in [6.07, 6.45) is 3.63. The minimum atomic E-state index is -1.13. The zero-order valence-electron chi connectivity index (χ0n) is 29.1. The molecule has 2 saturated heterocycles. The zero-order valence-corrected chi connectivity index (χ0v) is 29.1. The Hall–Kier alpha value is -3.76. The molecule has 0 unspecified atom stereocenters. The molecule has 0 spiro atoms. The summed E-state index contributed by atoms with van der Waals surface area (Å²) < 4.78 is 11.8. The summed E-state index contributed by atoms with van der Waals surface area (Å²) in [5.41, 5.74) is 8.53. The van der Waals surface area contributed by atoms with E-state index in [1.165, 1.54) is 11.1 Å². The van der Waals surface area contributed by atoms with Crippen LogP contribution in [0, 0.1) is 19.3 Å². The fourth-order valence-corrected chi connectivity index (χ4v) is 7.15. The van der Waals surface area contributed by atoms with E-state index in [-0.39, 0.29) is 5.41 Å². The largest absolute Gasteiger partial charge is 0.479 e. The van der Waals surface area contributed by atoms with Gasteiger partial charge in [-0.3, -0.25) is 4.98 Å². The molecule has 10 heteroatoms. The van der Waals surface area contributed by atoms with Gasteiger partial charge in [0.15, 0.2) is 11.9 Å². The van der Waals surface area contributed by atoms with Crippen LogP contribution >= 0.6 is 0 Å². The molecule has 47 heavy (non-hydrogen) atoms. The normalized spacial score (nSPS) is 19.0. The molecule has 1 aromatic carbocycles. The average molecular weight is 643 g/mol. The summed E-state index contributed by atoms with van der Waals surface area (Å²) in [6, 6.07) is 8.84. The minimum absolute atomic E-state index is 0.242. The second-order valence-electron chi connectivity index (χ2n) is 15.0. The number of carbonyl (C=O) groups is 1. The van der Waals surface area contributed by atoms with E-state index in [9.17, 15) is 9.90 Å². The molecule has 2 fully saturated rings. The molecular weight excluding hydrogens is 592 g/mol. The molecule has 0 amide bonds. The van der Waals surface area contributed by atoms with Crippen molar-refractivity contribution >= 4 is 23.2 Å². The lowest BCUT2D eigenvalue weighted by atomic mass is 9.81. The van der Waals surface area contributed by atoms with Crippen LogP contribution in [-0.4, -0.2) is 77.8 Å². The number of hydrogen-bond acceptors (Lipinski definition) is 9. The van der Waals surface area contributed by atoms with Crippen molar-refractivity contribution in [3.8, 4) is 11.1 Å². The first-order valence-electron chi connectivity index (χ1n) is 17.0. The number of anilines is 3. The summed E-state index contributed by atoms with van der Waals surface area (Å²) in [7, 11) is 0. The average Bonchev–Trinajstić information content (AvgIpc) is 3.03. The number of hydrogen-bond donors (Lipinski definition) is 1. The number of fused-ring (bicyclic) bond motifs is 1. The molecule has 3 aliphatic heterocycles. The van der Waals surface area contributed by atoms with Crippen molar-refractivity contribution in [3.63, 3.8) is 0 Å². The van der Waals surface area contributed by atoms with Gasteiger partial charge in [0.2, 0.25) is 0 Å². The highest BCUT2D eigenvalue weighted by Crippen LogP contribution is 2.45. The summed E-state index contributed by atoms with van der Waals surface area (Å²) >= 11 is 0. The molecule has 0 bridgehead atoms. The molecule has 3 aliphatic rings. The van der Waals surface area contributed by atoms with Crippen molar-refractivity contribution in [1.82, 2.24) is 15.2 Å². The van der Waals surface area contributed by atoms with Crippen LogP contribution in [0.1, 0.15) is 81.6 Å².